The van der Waals surface area contributed by atoms with E-state index in [2.05, 4.69) is 18.3 Å². The van der Waals surface area contributed by atoms with Crippen LogP contribution in [-0.2, 0) is 4.79 Å². The van der Waals surface area contributed by atoms with E-state index in [4.69, 9.17) is 0 Å². The van der Waals surface area contributed by atoms with Gasteiger partial charge in [0.25, 0.3) is 0 Å². The number of nitrogens with one attached hydrogen (secondary N) is 1. The lowest BCUT2D eigenvalue weighted by Gasteiger charge is -2.31. The zero-order chi connectivity index (χ0) is 10.7. The largest absolute Gasteiger partial charge is 0.337 e. The summed E-state index contributed by atoms with van der Waals surface area (Å²) in [5.74, 6) is 2.34. The highest BCUT2D eigenvalue weighted by Gasteiger charge is 2.26. The first-order valence-electron chi connectivity index (χ1n) is 5.53. The number of carbonyl (C=O) groups excluding carboxylic acids is 1. The summed E-state index contributed by atoms with van der Waals surface area (Å²) < 4.78 is 0. The Hall–Kier alpha value is -0.480. The molecule has 2 rings (SSSR count). The Morgan fingerprint density at radius 2 is 2.53 bits per heavy atom. The fourth-order valence-corrected chi connectivity index (χ4v) is 2.97. The Bertz CT molecular complexity index is 272. The van der Waals surface area contributed by atoms with Gasteiger partial charge in [-0.1, -0.05) is 11.6 Å². The summed E-state index contributed by atoms with van der Waals surface area (Å²) in [5.41, 5.74) is 1.32. The fourth-order valence-electron chi connectivity index (χ4n) is 2.04. The quantitative estimate of drug-likeness (QED) is 0.673. The maximum Gasteiger partial charge on any atom is 0.240 e. The van der Waals surface area contributed by atoms with E-state index in [9.17, 15) is 4.79 Å². The van der Waals surface area contributed by atoms with Gasteiger partial charge in [0, 0.05) is 31.1 Å². The molecular weight excluding hydrogens is 208 g/mol. The molecule has 2 heterocycles. The van der Waals surface area contributed by atoms with Crippen molar-refractivity contribution in [2.45, 2.75) is 19.4 Å². The molecule has 1 fully saturated rings. The molecule has 1 saturated heterocycles. The maximum atomic E-state index is 12.1. The molecule has 0 radical (unpaired) electrons. The van der Waals surface area contributed by atoms with E-state index in [0.717, 1.165) is 37.6 Å². The Morgan fingerprint density at radius 3 is 3.20 bits per heavy atom. The molecule has 0 aromatic carbocycles. The average molecular weight is 226 g/mol. The fraction of sp³-hybridized carbons (Fsp3) is 0.727. The van der Waals surface area contributed by atoms with E-state index >= 15 is 0 Å². The van der Waals surface area contributed by atoms with Crippen LogP contribution in [0.3, 0.4) is 0 Å². The number of thioether (sulfide) groups is 1. The molecular formula is C11H18N2OS. The summed E-state index contributed by atoms with van der Waals surface area (Å²) in [4.78, 5) is 14.1. The molecule has 0 aromatic rings. The van der Waals surface area contributed by atoms with Gasteiger partial charge in [0.2, 0.25) is 5.91 Å². The summed E-state index contributed by atoms with van der Waals surface area (Å²) in [6.07, 6.45) is 3.24. The standard InChI is InChI=1S/C11H18N2OS/c1-9-3-2-5-13(7-9)11(14)10-8-15-6-4-12-10/h3,10,12H,2,4-8H2,1H3. The van der Waals surface area contributed by atoms with Crippen molar-refractivity contribution in [2.75, 3.05) is 31.1 Å². The minimum absolute atomic E-state index is 0.0506. The number of carbonyl (C=O) groups is 1. The van der Waals surface area contributed by atoms with Crippen LogP contribution in [0, 0.1) is 0 Å². The second-order valence-corrected chi connectivity index (χ2v) is 5.33. The lowest BCUT2D eigenvalue weighted by atomic mass is 10.1. The summed E-state index contributed by atoms with van der Waals surface area (Å²) in [7, 11) is 0. The Kier molecular flexibility index (Phi) is 3.70. The van der Waals surface area contributed by atoms with Gasteiger partial charge in [-0.2, -0.15) is 11.8 Å². The third-order valence-corrected chi connectivity index (χ3v) is 3.93. The highest BCUT2D eigenvalue weighted by molar-refractivity contribution is 7.99. The van der Waals surface area contributed by atoms with Crippen LogP contribution in [0.1, 0.15) is 13.3 Å². The van der Waals surface area contributed by atoms with E-state index in [1.807, 2.05) is 16.7 Å². The molecule has 1 unspecified atom stereocenters. The third kappa shape index (κ3) is 2.75. The van der Waals surface area contributed by atoms with Crippen LogP contribution in [0.25, 0.3) is 0 Å². The van der Waals surface area contributed by atoms with Crippen molar-refractivity contribution in [2.24, 2.45) is 0 Å². The molecule has 0 aliphatic carbocycles. The molecule has 0 bridgehead atoms. The van der Waals surface area contributed by atoms with Crippen LogP contribution in [0.4, 0.5) is 0 Å². The van der Waals surface area contributed by atoms with E-state index < -0.39 is 0 Å². The molecule has 2 aliphatic heterocycles. The van der Waals surface area contributed by atoms with E-state index in [0.29, 0.717) is 0 Å². The third-order valence-electron chi connectivity index (χ3n) is 2.86. The lowest BCUT2D eigenvalue weighted by molar-refractivity contribution is -0.132. The van der Waals surface area contributed by atoms with Gasteiger partial charge in [-0.25, -0.2) is 0 Å². The number of hydrogen-bond acceptors (Lipinski definition) is 3. The van der Waals surface area contributed by atoms with E-state index in [1.54, 1.807) is 0 Å². The first kappa shape index (κ1) is 11.0. The summed E-state index contributed by atoms with van der Waals surface area (Å²) in [6, 6.07) is 0.0506. The Labute approximate surface area is 95.3 Å². The van der Waals surface area contributed by atoms with Crippen LogP contribution in [0.5, 0.6) is 0 Å². The summed E-state index contributed by atoms with van der Waals surface area (Å²) in [5, 5.41) is 3.30. The smallest absolute Gasteiger partial charge is 0.240 e. The van der Waals surface area contributed by atoms with Gasteiger partial charge < -0.3 is 10.2 Å². The number of amides is 1. The lowest BCUT2D eigenvalue weighted by Crippen LogP contribution is -2.51. The minimum Gasteiger partial charge on any atom is -0.337 e. The topological polar surface area (TPSA) is 32.3 Å². The van der Waals surface area contributed by atoms with Crippen molar-refractivity contribution in [3.05, 3.63) is 11.6 Å². The number of nitrogens with zero attached hydrogens (tertiary/aromatic N) is 1. The molecule has 0 aromatic heterocycles. The number of rotatable bonds is 1. The van der Waals surface area contributed by atoms with E-state index in [-0.39, 0.29) is 11.9 Å². The Morgan fingerprint density at radius 1 is 1.67 bits per heavy atom. The summed E-state index contributed by atoms with van der Waals surface area (Å²) >= 11 is 1.87. The highest BCUT2D eigenvalue weighted by atomic mass is 32.2. The van der Waals surface area contributed by atoms with Crippen molar-refractivity contribution < 1.29 is 4.79 Å². The molecule has 15 heavy (non-hydrogen) atoms. The number of hydrogen-bond donors (Lipinski definition) is 1. The predicted octanol–water partition coefficient (Wildman–Crippen LogP) is 0.870. The van der Waals surface area contributed by atoms with Crippen molar-refractivity contribution in [1.82, 2.24) is 10.2 Å². The van der Waals surface area contributed by atoms with Gasteiger partial charge in [0.15, 0.2) is 0 Å². The maximum absolute atomic E-state index is 12.1. The zero-order valence-corrected chi connectivity index (χ0v) is 9.98. The average Bonchev–Trinajstić information content (AvgIpc) is 2.29. The van der Waals surface area contributed by atoms with Gasteiger partial charge in [-0.15, -0.1) is 0 Å². The first-order valence-corrected chi connectivity index (χ1v) is 6.68. The van der Waals surface area contributed by atoms with Gasteiger partial charge in [0.05, 0.1) is 6.04 Å². The molecule has 3 nitrogen and oxygen atoms in total. The van der Waals surface area contributed by atoms with Gasteiger partial charge >= 0.3 is 0 Å². The zero-order valence-electron chi connectivity index (χ0n) is 9.16. The van der Waals surface area contributed by atoms with Crippen LogP contribution < -0.4 is 5.32 Å². The minimum atomic E-state index is 0.0506. The van der Waals surface area contributed by atoms with Crippen LogP contribution in [0.15, 0.2) is 11.6 Å². The molecule has 1 N–H and O–H groups in total. The predicted molar refractivity (Wildman–Crippen MR) is 64.1 cm³/mol. The van der Waals surface area contributed by atoms with Gasteiger partial charge in [0.1, 0.15) is 0 Å². The molecule has 84 valence electrons. The van der Waals surface area contributed by atoms with Crippen LogP contribution in [0.2, 0.25) is 0 Å². The van der Waals surface area contributed by atoms with Crippen molar-refractivity contribution in [3.8, 4) is 0 Å². The van der Waals surface area contributed by atoms with Gasteiger partial charge in [-0.3, -0.25) is 4.79 Å². The van der Waals surface area contributed by atoms with Crippen molar-refractivity contribution >= 4 is 17.7 Å². The van der Waals surface area contributed by atoms with Crippen LogP contribution in [-0.4, -0.2) is 48.0 Å². The van der Waals surface area contributed by atoms with Gasteiger partial charge in [-0.05, 0) is 13.3 Å². The molecule has 1 amide bonds. The molecule has 2 aliphatic rings. The molecule has 0 saturated carbocycles. The van der Waals surface area contributed by atoms with Crippen molar-refractivity contribution in [3.63, 3.8) is 0 Å². The molecule has 1 atom stereocenters. The monoisotopic (exact) mass is 226 g/mol. The molecule has 0 spiro atoms. The highest BCUT2D eigenvalue weighted by Crippen LogP contribution is 2.14. The molecule has 4 heteroatoms. The second-order valence-electron chi connectivity index (χ2n) is 4.18. The summed E-state index contributed by atoms with van der Waals surface area (Å²) in [6.45, 7) is 4.77. The van der Waals surface area contributed by atoms with Crippen molar-refractivity contribution in [1.29, 1.82) is 0 Å². The SMILES string of the molecule is CC1=CCCN(C(=O)C2CSCCN2)C1. The first-order chi connectivity index (χ1) is 7.27. The normalized spacial score (nSPS) is 27.4. The van der Waals surface area contributed by atoms with E-state index in [1.165, 1.54) is 5.57 Å². The second kappa shape index (κ2) is 5.03. The van der Waals surface area contributed by atoms with Crippen LogP contribution >= 0.6 is 11.8 Å². The Balaban J connectivity index is 1.92.